The van der Waals surface area contributed by atoms with Crippen LogP contribution in [-0.2, 0) is 22.4 Å². The van der Waals surface area contributed by atoms with Crippen molar-refractivity contribution in [1.29, 1.82) is 0 Å². The summed E-state index contributed by atoms with van der Waals surface area (Å²) in [7, 11) is 1.98. The quantitative estimate of drug-likeness (QED) is 0.664. The Morgan fingerprint density at radius 3 is 2.88 bits per heavy atom. The Morgan fingerprint density at radius 1 is 1.27 bits per heavy atom. The van der Waals surface area contributed by atoms with E-state index < -0.39 is 6.09 Å². The molecule has 0 bridgehead atoms. The molecule has 11 heteroatoms. The van der Waals surface area contributed by atoms with E-state index in [9.17, 15) is 14.0 Å². The van der Waals surface area contributed by atoms with E-state index in [1.54, 1.807) is 19.1 Å². The number of pyridine rings is 2. The van der Waals surface area contributed by atoms with Crippen molar-refractivity contribution in [2.45, 2.75) is 38.3 Å². The zero-order chi connectivity index (χ0) is 23.3. The lowest BCUT2D eigenvalue weighted by atomic mass is 10.1. The monoisotopic (exact) mass is 475 g/mol. The zero-order valence-corrected chi connectivity index (χ0v) is 19.0. The van der Waals surface area contributed by atoms with Crippen LogP contribution in [0.25, 0.3) is 0 Å². The second-order valence-corrected chi connectivity index (χ2v) is 8.92. The Morgan fingerprint density at radius 2 is 2.06 bits per heavy atom. The highest BCUT2D eigenvalue weighted by Crippen LogP contribution is 2.33. The number of halogens is 2. The van der Waals surface area contributed by atoms with Crippen LogP contribution in [0.1, 0.15) is 23.2 Å². The number of ether oxygens (including phenoxy) is 2. The standard InChI is InChI=1S/C22H23ClFN5O4/c1-11-19(24)14-7-12(8-15(14)20(23)25-11)28(2)6-5-13-9-29(22(31)33-13)17-4-3-16-21(26-17)27-18(30)10-32-16/h3-4,12-13H,5-10H2,1-2H3,(H,26,27,30). The maximum absolute atomic E-state index is 14.5. The molecule has 5 rings (SSSR count). The number of anilines is 2. The molecule has 0 spiro atoms. The molecule has 2 aromatic rings. The van der Waals surface area contributed by atoms with Crippen molar-refractivity contribution in [2.24, 2.45) is 0 Å². The van der Waals surface area contributed by atoms with E-state index in [0.29, 0.717) is 60.3 Å². The number of amides is 2. The minimum Gasteiger partial charge on any atom is -0.480 e. The normalized spacial score (nSPS) is 21.5. The van der Waals surface area contributed by atoms with Crippen LogP contribution in [0.4, 0.5) is 20.8 Å². The van der Waals surface area contributed by atoms with Gasteiger partial charge in [0.1, 0.15) is 22.9 Å². The average Bonchev–Trinajstić information content (AvgIpc) is 3.40. The highest BCUT2D eigenvalue weighted by Gasteiger charge is 2.35. The Kier molecular flexibility index (Phi) is 5.57. The number of nitrogens with zero attached hydrogens (tertiary/aromatic N) is 4. The fraction of sp³-hybridized carbons (Fsp3) is 0.455. The molecule has 33 heavy (non-hydrogen) atoms. The van der Waals surface area contributed by atoms with E-state index >= 15 is 0 Å². The number of carbonyl (C=O) groups excluding carboxylic acids is 2. The molecule has 1 fully saturated rings. The zero-order valence-electron chi connectivity index (χ0n) is 18.2. The molecule has 3 aliphatic rings. The summed E-state index contributed by atoms with van der Waals surface area (Å²) in [4.78, 5) is 36.0. The predicted octanol–water partition coefficient (Wildman–Crippen LogP) is 2.72. The topological polar surface area (TPSA) is 96.9 Å². The van der Waals surface area contributed by atoms with Crippen LogP contribution >= 0.6 is 11.6 Å². The first-order chi connectivity index (χ1) is 15.8. The molecule has 1 saturated heterocycles. The first-order valence-corrected chi connectivity index (χ1v) is 11.1. The minimum absolute atomic E-state index is 0.0591. The molecule has 1 N–H and O–H groups in total. The first kappa shape index (κ1) is 21.8. The second-order valence-electron chi connectivity index (χ2n) is 8.56. The summed E-state index contributed by atoms with van der Waals surface area (Å²) >= 11 is 6.24. The van der Waals surface area contributed by atoms with E-state index in [0.717, 1.165) is 5.56 Å². The lowest BCUT2D eigenvalue weighted by molar-refractivity contribution is -0.118. The smallest absolute Gasteiger partial charge is 0.415 e. The van der Waals surface area contributed by atoms with Crippen LogP contribution < -0.4 is 15.0 Å². The number of aromatic nitrogens is 2. The number of rotatable bonds is 5. The Balaban J connectivity index is 1.19. The number of nitrogens with one attached hydrogen (secondary N) is 1. The number of likely N-dealkylation sites (N-methyl/N-ethyl adjacent to an activating group) is 1. The van der Waals surface area contributed by atoms with Gasteiger partial charge in [-0.3, -0.25) is 9.69 Å². The number of carbonyl (C=O) groups is 2. The Labute approximate surface area is 194 Å². The number of hydrogen-bond donors (Lipinski definition) is 1. The van der Waals surface area contributed by atoms with Crippen LogP contribution in [0, 0.1) is 12.7 Å². The maximum Gasteiger partial charge on any atom is 0.415 e. The van der Waals surface area contributed by atoms with Crippen molar-refractivity contribution >= 4 is 35.2 Å². The fourth-order valence-corrected chi connectivity index (χ4v) is 4.83. The molecule has 2 unspecified atom stereocenters. The Bertz CT molecular complexity index is 1150. The molecule has 2 amide bonds. The Hall–Kier alpha value is -2.98. The van der Waals surface area contributed by atoms with Gasteiger partial charge in [0.2, 0.25) is 0 Å². The molecule has 0 radical (unpaired) electrons. The number of cyclic esters (lactones) is 1. The predicted molar refractivity (Wildman–Crippen MR) is 118 cm³/mol. The number of hydrogen-bond acceptors (Lipinski definition) is 7. The van der Waals surface area contributed by atoms with Crippen molar-refractivity contribution in [3.8, 4) is 5.75 Å². The molecule has 0 saturated carbocycles. The second kappa shape index (κ2) is 8.42. The molecule has 2 aliphatic heterocycles. The molecule has 0 aromatic carbocycles. The first-order valence-electron chi connectivity index (χ1n) is 10.8. The third kappa shape index (κ3) is 4.08. The summed E-state index contributed by atoms with van der Waals surface area (Å²) in [5.74, 6) is 0.572. The van der Waals surface area contributed by atoms with Gasteiger partial charge in [-0.15, -0.1) is 0 Å². The molecule has 2 atom stereocenters. The van der Waals surface area contributed by atoms with Crippen molar-refractivity contribution in [3.63, 3.8) is 0 Å². The number of fused-ring (bicyclic) bond motifs is 2. The molecule has 1 aliphatic carbocycles. The molecule has 174 valence electrons. The SMILES string of the molecule is Cc1nc(Cl)c2c(c1F)CC(N(C)CCC1CN(c3ccc4c(n3)NC(=O)CO4)C(=O)O1)C2. The average molecular weight is 476 g/mol. The van der Waals surface area contributed by atoms with Crippen LogP contribution in [-0.4, -0.2) is 65.8 Å². The molecule has 9 nitrogen and oxygen atoms in total. The van der Waals surface area contributed by atoms with Gasteiger partial charge in [-0.1, -0.05) is 11.6 Å². The van der Waals surface area contributed by atoms with Gasteiger partial charge in [0.15, 0.2) is 18.2 Å². The van der Waals surface area contributed by atoms with Crippen LogP contribution in [0.5, 0.6) is 5.75 Å². The summed E-state index contributed by atoms with van der Waals surface area (Å²) < 4.78 is 25.3. The summed E-state index contributed by atoms with van der Waals surface area (Å²) in [5.41, 5.74) is 1.75. The van der Waals surface area contributed by atoms with Crippen molar-refractivity contribution < 1.29 is 23.5 Å². The van der Waals surface area contributed by atoms with Crippen molar-refractivity contribution in [1.82, 2.24) is 14.9 Å². The highest BCUT2D eigenvalue weighted by molar-refractivity contribution is 6.30. The third-order valence-electron chi connectivity index (χ3n) is 6.38. The van der Waals surface area contributed by atoms with E-state index in [1.165, 1.54) is 4.90 Å². The van der Waals surface area contributed by atoms with E-state index in [2.05, 4.69) is 20.2 Å². The van der Waals surface area contributed by atoms with Gasteiger partial charge in [0, 0.05) is 12.6 Å². The van der Waals surface area contributed by atoms with Crippen molar-refractivity contribution in [3.05, 3.63) is 39.9 Å². The van der Waals surface area contributed by atoms with Gasteiger partial charge < -0.3 is 19.7 Å². The largest absolute Gasteiger partial charge is 0.480 e. The van der Waals surface area contributed by atoms with Gasteiger partial charge in [-0.25, -0.2) is 19.2 Å². The van der Waals surface area contributed by atoms with Crippen LogP contribution in [0.3, 0.4) is 0 Å². The van der Waals surface area contributed by atoms with Crippen molar-refractivity contribution in [2.75, 3.05) is 37.0 Å². The summed E-state index contributed by atoms with van der Waals surface area (Å²) in [6.07, 6.45) is 1.03. The van der Waals surface area contributed by atoms with Crippen LogP contribution in [0.15, 0.2) is 12.1 Å². The van der Waals surface area contributed by atoms with Gasteiger partial charge in [0.05, 0.1) is 12.2 Å². The number of aryl methyl sites for hydroxylation is 1. The van der Waals surface area contributed by atoms with E-state index in [1.807, 2.05) is 7.05 Å². The molecular formula is C22H23ClFN5O4. The summed E-state index contributed by atoms with van der Waals surface area (Å²) in [6, 6.07) is 3.44. The molecular weight excluding hydrogens is 453 g/mol. The van der Waals surface area contributed by atoms with Crippen LogP contribution in [0.2, 0.25) is 5.15 Å². The lowest BCUT2D eigenvalue weighted by Crippen LogP contribution is -2.35. The molecule has 4 heterocycles. The lowest BCUT2D eigenvalue weighted by Gasteiger charge is -2.25. The summed E-state index contributed by atoms with van der Waals surface area (Å²) in [6.45, 7) is 2.58. The van der Waals surface area contributed by atoms with Gasteiger partial charge in [-0.2, -0.15) is 0 Å². The van der Waals surface area contributed by atoms with E-state index in [4.69, 9.17) is 21.1 Å². The van der Waals surface area contributed by atoms with E-state index in [-0.39, 0.29) is 36.3 Å². The van der Waals surface area contributed by atoms with Gasteiger partial charge in [0.25, 0.3) is 5.91 Å². The van der Waals surface area contributed by atoms with Gasteiger partial charge in [-0.05, 0) is 56.5 Å². The summed E-state index contributed by atoms with van der Waals surface area (Å²) in [5, 5.41) is 3.01. The van der Waals surface area contributed by atoms with Gasteiger partial charge >= 0.3 is 6.09 Å². The minimum atomic E-state index is -0.484. The third-order valence-corrected chi connectivity index (χ3v) is 6.69. The molecule has 2 aromatic heterocycles. The fourth-order valence-electron chi connectivity index (χ4n) is 4.51. The highest BCUT2D eigenvalue weighted by atomic mass is 35.5. The maximum atomic E-state index is 14.5.